The first kappa shape index (κ1) is 15.4. The Hall–Kier alpha value is -2.47. The normalized spacial score (nSPS) is 15.2. The molecular weight excluding hydrogens is 292 g/mol. The molecule has 1 amide bonds. The minimum Gasteiger partial charge on any atom is -0.349 e. The highest BCUT2D eigenvalue weighted by molar-refractivity contribution is 5.92. The summed E-state index contributed by atoms with van der Waals surface area (Å²) >= 11 is 0. The molecule has 1 saturated carbocycles. The number of carbonyl (C=O) groups excluding carboxylic acids is 1. The van der Waals surface area contributed by atoms with E-state index in [0.29, 0.717) is 18.2 Å². The first-order valence-electron chi connectivity index (χ1n) is 7.76. The smallest absolute Gasteiger partial charge is 0.275 e. The number of carbonyl (C=O) groups is 1. The average molecular weight is 312 g/mol. The number of para-hydroxylation sites is 1. The third-order valence-electron chi connectivity index (χ3n) is 4.05. The molecule has 1 unspecified atom stereocenters. The lowest BCUT2D eigenvalue weighted by molar-refractivity contribution is 0.0942. The molecule has 3 rings (SSSR count). The summed E-state index contributed by atoms with van der Waals surface area (Å²) in [5, 5.41) is 6.95. The number of aromatic nitrogens is 2. The predicted molar refractivity (Wildman–Crippen MR) is 87.6 cm³/mol. The van der Waals surface area contributed by atoms with Gasteiger partial charge >= 0.3 is 0 Å². The van der Waals surface area contributed by atoms with E-state index >= 15 is 0 Å². The fourth-order valence-corrected chi connectivity index (χ4v) is 2.52. The van der Waals surface area contributed by atoms with Gasteiger partial charge in [-0.15, -0.1) is 0 Å². The van der Waals surface area contributed by atoms with Gasteiger partial charge in [0.25, 0.3) is 5.91 Å². The van der Waals surface area contributed by atoms with Crippen molar-refractivity contribution in [1.29, 1.82) is 0 Å². The van der Waals surface area contributed by atoms with Gasteiger partial charge < -0.3 is 11.1 Å². The Morgan fingerprint density at radius 2 is 2.09 bits per heavy atom. The molecule has 0 saturated heterocycles. The summed E-state index contributed by atoms with van der Waals surface area (Å²) in [6.07, 6.45) is 2.22. The fraction of sp³-hybridized carbons (Fsp3) is 0.353. The van der Waals surface area contributed by atoms with Gasteiger partial charge in [-0.05, 0) is 37.8 Å². The van der Waals surface area contributed by atoms with Gasteiger partial charge in [-0.3, -0.25) is 9.59 Å². The van der Waals surface area contributed by atoms with Crippen molar-refractivity contribution < 1.29 is 4.79 Å². The Kier molecular flexibility index (Phi) is 4.25. The Labute approximate surface area is 134 Å². The van der Waals surface area contributed by atoms with Gasteiger partial charge in [-0.2, -0.15) is 5.10 Å². The topological polar surface area (TPSA) is 90.0 Å². The minimum absolute atomic E-state index is 0.0549. The quantitative estimate of drug-likeness (QED) is 0.862. The van der Waals surface area contributed by atoms with E-state index in [2.05, 4.69) is 10.4 Å². The molecule has 0 spiro atoms. The monoisotopic (exact) mass is 312 g/mol. The van der Waals surface area contributed by atoms with Crippen LogP contribution in [0.15, 0.2) is 41.2 Å². The number of nitrogens with zero attached hydrogens (tertiary/aromatic N) is 2. The van der Waals surface area contributed by atoms with Crippen LogP contribution in [0.25, 0.3) is 5.69 Å². The molecule has 1 fully saturated rings. The molecule has 0 aliphatic heterocycles. The minimum atomic E-state index is -0.476. The van der Waals surface area contributed by atoms with E-state index in [1.54, 1.807) is 11.6 Å². The number of nitrogens with one attached hydrogen (secondary N) is 1. The molecule has 1 atom stereocenters. The van der Waals surface area contributed by atoms with Crippen LogP contribution < -0.4 is 16.5 Å². The second-order valence-corrected chi connectivity index (χ2v) is 5.96. The van der Waals surface area contributed by atoms with Crippen molar-refractivity contribution in [3.63, 3.8) is 0 Å². The second-order valence-electron chi connectivity index (χ2n) is 5.96. The maximum Gasteiger partial charge on any atom is 0.275 e. The molecular formula is C17H20N4O2. The molecule has 2 aromatic rings. The van der Waals surface area contributed by atoms with Crippen LogP contribution in [0.4, 0.5) is 0 Å². The Morgan fingerprint density at radius 1 is 1.39 bits per heavy atom. The molecule has 1 aliphatic rings. The molecule has 1 aromatic heterocycles. The summed E-state index contributed by atoms with van der Waals surface area (Å²) in [6.45, 7) is 2.15. The first-order chi connectivity index (χ1) is 11.1. The van der Waals surface area contributed by atoms with E-state index in [1.165, 1.54) is 6.07 Å². The lowest BCUT2D eigenvalue weighted by Crippen LogP contribution is -2.40. The maximum atomic E-state index is 12.3. The molecule has 0 radical (unpaired) electrons. The molecule has 0 bridgehead atoms. The molecule has 120 valence electrons. The van der Waals surface area contributed by atoms with E-state index in [-0.39, 0.29) is 17.2 Å². The lowest BCUT2D eigenvalue weighted by Gasteiger charge is -2.13. The van der Waals surface area contributed by atoms with Crippen molar-refractivity contribution in [2.45, 2.75) is 25.8 Å². The van der Waals surface area contributed by atoms with Gasteiger partial charge in [0.1, 0.15) is 0 Å². The van der Waals surface area contributed by atoms with E-state index in [1.807, 2.05) is 30.3 Å². The van der Waals surface area contributed by atoms with Crippen LogP contribution >= 0.6 is 0 Å². The number of rotatable bonds is 5. The summed E-state index contributed by atoms with van der Waals surface area (Å²) in [7, 11) is 0. The van der Waals surface area contributed by atoms with Gasteiger partial charge in [-0.1, -0.05) is 18.2 Å². The second kappa shape index (κ2) is 6.34. The summed E-state index contributed by atoms with van der Waals surface area (Å²) in [5.74, 6) is 0.0121. The molecule has 1 aromatic carbocycles. The van der Waals surface area contributed by atoms with Crippen LogP contribution in [0.3, 0.4) is 0 Å². The Bertz CT molecular complexity index is 766. The summed E-state index contributed by atoms with van der Waals surface area (Å²) < 4.78 is 1.59. The summed E-state index contributed by atoms with van der Waals surface area (Å²) in [6, 6.07) is 10.8. The Morgan fingerprint density at radius 3 is 2.74 bits per heavy atom. The summed E-state index contributed by atoms with van der Waals surface area (Å²) in [4.78, 5) is 24.4. The number of amides is 1. The lowest BCUT2D eigenvalue weighted by atomic mass is 10.2. The SMILES string of the molecule is Cc1cc(=O)c(C(=O)NCC(N)C2CC2)nn1-c1ccccc1. The summed E-state index contributed by atoms with van der Waals surface area (Å²) in [5.41, 5.74) is 6.95. The standard InChI is InChI=1S/C17H20N4O2/c1-11-9-15(22)16(17(23)19-10-14(18)12-7-8-12)20-21(11)13-5-3-2-4-6-13/h2-6,9,12,14H,7-8,10,18H2,1H3,(H,19,23). The molecule has 1 heterocycles. The van der Waals surface area contributed by atoms with Crippen molar-refractivity contribution >= 4 is 5.91 Å². The molecule has 6 nitrogen and oxygen atoms in total. The zero-order valence-corrected chi connectivity index (χ0v) is 13.0. The van der Waals surface area contributed by atoms with E-state index in [0.717, 1.165) is 18.5 Å². The van der Waals surface area contributed by atoms with Crippen LogP contribution in [0.5, 0.6) is 0 Å². The number of aryl methyl sites for hydroxylation is 1. The zero-order valence-electron chi connectivity index (χ0n) is 13.0. The van der Waals surface area contributed by atoms with Crippen LogP contribution in [0.2, 0.25) is 0 Å². The maximum absolute atomic E-state index is 12.3. The highest BCUT2D eigenvalue weighted by atomic mass is 16.2. The van der Waals surface area contributed by atoms with Crippen LogP contribution in [-0.2, 0) is 0 Å². The van der Waals surface area contributed by atoms with Gasteiger partial charge in [0.2, 0.25) is 5.43 Å². The third-order valence-corrected chi connectivity index (χ3v) is 4.05. The van der Waals surface area contributed by atoms with E-state index in [4.69, 9.17) is 5.73 Å². The Balaban J connectivity index is 1.83. The van der Waals surface area contributed by atoms with Crippen molar-refractivity contribution in [2.24, 2.45) is 11.7 Å². The zero-order chi connectivity index (χ0) is 16.4. The highest BCUT2D eigenvalue weighted by Gasteiger charge is 2.28. The van der Waals surface area contributed by atoms with Gasteiger partial charge in [0, 0.05) is 24.3 Å². The fourth-order valence-electron chi connectivity index (χ4n) is 2.52. The highest BCUT2D eigenvalue weighted by Crippen LogP contribution is 2.31. The average Bonchev–Trinajstić information content (AvgIpc) is 3.38. The van der Waals surface area contributed by atoms with Gasteiger partial charge in [-0.25, -0.2) is 4.68 Å². The van der Waals surface area contributed by atoms with Crippen LogP contribution in [0, 0.1) is 12.8 Å². The van der Waals surface area contributed by atoms with Crippen molar-refractivity contribution in [1.82, 2.24) is 15.1 Å². The molecule has 6 heteroatoms. The largest absolute Gasteiger partial charge is 0.349 e. The van der Waals surface area contributed by atoms with E-state index in [9.17, 15) is 9.59 Å². The van der Waals surface area contributed by atoms with E-state index < -0.39 is 5.91 Å². The van der Waals surface area contributed by atoms with Gasteiger partial charge in [0.15, 0.2) is 5.69 Å². The molecule has 1 aliphatic carbocycles. The number of benzene rings is 1. The predicted octanol–water partition coefficient (Wildman–Crippen LogP) is 1.01. The van der Waals surface area contributed by atoms with Crippen LogP contribution in [-0.4, -0.2) is 28.3 Å². The van der Waals surface area contributed by atoms with Crippen molar-refractivity contribution in [3.8, 4) is 5.69 Å². The third kappa shape index (κ3) is 3.48. The number of hydrogen-bond acceptors (Lipinski definition) is 4. The number of hydrogen-bond donors (Lipinski definition) is 2. The van der Waals surface area contributed by atoms with Crippen LogP contribution in [0.1, 0.15) is 29.0 Å². The first-order valence-corrected chi connectivity index (χ1v) is 7.76. The van der Waals surface area contributed by atoms with Gasteiger partial charge in [0.05, 0.1) is 5.69 Å². The number of nitrogens with two attached hydrogens (primary N) is 1. The molecule has 3 N–H and O–H groups in total. The van der Waals surface area contributed by atoms with Crippen molar-refractivity contribution in [3.05, 3.63) is 58.0 Å². The molecule has 23 heavy (non-hydrogen) atoms. The van der Waals surface area contributed by atoms with Crippen molar-refractivity contribution in [2.75, 3.05) is 6.54 Å².